The fourth-order valence-corrected chi connectivity index (χ4v) is 3.27. The molecule has 0 aliphatic carbocycles. The number of hydrogen-bond acceptors (Lipinski definition) is 3. The van der Waals surface area contributed by atoms with Crippen LogP contribution in [-0.2, 0) is 10.0 Å². The molecule has 104 valence electrons. The van der Waals surface area contributed by atoms with Crippen LogP contribution in [0.4, 0.5) is 0 Å². The lowest BCUT2D eigenvalue weighted by atomic mass is 10.1. The molecule has 0 amide bonds. The Kier molecular flexibility index (Phi) is 3.79. The Bertz CT molecular complexity index is 708. The summed E-state index contributed by atoms with van der Waals surface area (Å²) in [6, 6.07) is 0. The summed E-state index contributed by atoms with van der Waals surface area (Å²) >= 11 is 12.4. The van der Waals surface area contributed by atoms with E-state index < -0.39 is 10.0 Å². The second kappa shape index (κ2) is 4.94. The van der Waals surface area contributed by atoms with E-state index >= 15 is 0 Å². The summed E-state index contributed by atoms with van der Waals surface area (Å²) in [5, 5.41) is 0.659. The van der Waals surface area contributed by atoms with E-state index in [4.69, 9.17) is 23.2 Å². The minimum Gasteiger partial charge on any atom is -0.326 e. The molecule has 0 atom stereocenters. The van der Waals surface area contributed by atoms with E-state index in [1.807, 2.05) is 13.8 Å². The van der Waals surface area contributed by atoms with Gasteiger partial charge in [0.25, 0.3) is 10.0 Å². The van der Waals surface area contributed by atoms with Gasteiger partial charge in [-0.05, 0) is 25.0 Å². The highest BCUT2D eigenvalue weighted by atomic mass is 35.5. The number of sulfonamides is 1. The maximum atomic E-state index is 11.9. The van der Waals surface area contributed by atoms with Crippen LogP contribution in [0.15, 0.2) is 5.16 Å². The van der Waals surface area contributed by atoms with E-state index in [1.54, 1.807) is 6.92 Å². The predicted molar refractivity (Wildman–Crippen MR) is 76.5 cm³/mol. The molecule has 0 radical (unpaired) electrons. The average molecular weight is 322 g/mol. The molecule has 2 rings (SSSR count). The zero-order valence-corrected chi connectivity index (χ0v) is 13.0. The van der Waals surface area contributed by atoms with Crippen LogP contribution in [-0.4, -0.2) is 24.9 Å². The van der Waals surface area contributed by atoms with Crippen LogP contribution in [0.25, 0.3) is 11.0 Å². The van der Waals surface area contributed by atoms with Gasteiger partial charge < -0.3 is 4.98 Å². The second-order valence-electron chi connectivity index (χ2n) is 4.14. The van der Waals surface area contributed by atoms with Gasteiger partial charge in [-0.15, -0.1) is 0 Å². The number of hydrogen-bond donors (Lipinski definition) is 2. The number of benzene rings is 1. The molecule has 2 N–H and O–H groups in total. The normalized spacial score (nSPS) is 12.3. The van der Waals surface area contributed by atoms with Gasteiger partial charge in [0.15, 0.2) is 0 Å². The molecular formula is C11H13Cl2N3O2S. The van der Waals surface area contributed by atoms with Gasteiger partial charge in [-0.1, -0.05) is 30.1 Å². The van der Waals surface area contributed by atoms with Crippen molar-refractivity contribution in [3.8, 4) is 0 Å². The van der Waals surface area contributed by atoms with Gasteiger partial charge in [0.05, 0.1) is 15.6 Å². The lowest BCUT2D eigenvalue weighted by molar-refractivity contribution is 0.577. The Hall–Kier alpha value is -0.820. The molecule has 5 nitrogen and oxygen atoms in total. The number of rotatable bonds is 3. The zero-order valence-electron chi connectivity index (χ0n) is 10.6. The SMILES string of the molecule is CCNS(=O)(=O)c1nc2c(Cl)c(C)c(C)c(Cl)c2[nH]1. The third-order valence-electron chi connectivity index (χ3n) is 2.92. The molecule has 0 bridgehead atoms. The minimum atomic E-state index is -3.67. The van der Waals surface area contributed by atoms with Gasteiger partial charge >= 0.3 is 0 Å². The maximum Gasteiger partial charge on any atom is 0.274 e. The van der Waals surface area contributed by atoms with Crippen molar-refractivity contribution in [1.82, 2.24) is 14.7 Å². The standard InChI is InChI=1S/C11H13Cl2N3O2S/c1-4-14-19(17,18)11-15-9-7(12)5(2)6(3)8(13)10(9)16-11/h14H,4H2,1-3H3,(H,15,16). The number of nitrogens with zero attached hydrogens (tertiary/aromatic N) is 1. The molecule has 2 aromatic rings. The quantitative estimate of drug-likeness (QED) is 0.912. The molecule has 19 heavy (non-hydrogen) atoms. The van der Waals surface area contributed by atoms with Crippen molar-refractivity contribution >= 4 is 44.3 Å². The summed E-state index contributed by atoms with van der Waals surface area (Å²) in [6.45, 7) is 5.60. The monoisotopic (exact) mass is 321 g/mol. The molecule has 0 aliphatic heterocycles. The number of H-pyrrole nitrogens is 1. The van der Waals surface area contributed by atoms with Gasteiger partial charge in [0, 0.05) is 6.54 Å². The summed E-state index contributed by atoms with van der Waals surface area (Å²) in [6.07, 6.45) is 0. The Balaban J connectivity index is 2.78. The molecule has 0 saturated carbocycles. The van der Waals surface area contributed by atoms with Crippen LogP contribution in [0.3, 0.4) is 0 Å². The highest BCUT2D eigenvalue weighted by Gasteiger charge is 2.22. The van der Waals surface area contributed by atoms with E-state index in [9.17, 15) is 8.42 Å². The van der Waals surface area contributed by atoms with E-state index in [2.05, 4.69) is 14.7 Å². The third-order valence-corrected chi connectivity index (χ3v) is 5.23. The van der Waals surface area contributed by atoms with Crippen molar-refractivity contribution < 1.29 is 8.42 Å². The molecule has 1 aromatic carbocycles. The molecule has 1 aromatic heterocycles. The summed E-state index contributed by atoms with van der Waals surface area (Å²) in [5.41, 5.74) is 2.39. The minimum absolute atomic E-state index is 0.182. The lowest BCUT2D eigenvalue weighted by Gasteiger charge is -2.05. The molecule has 1 heterocycles. The topological polar surface area (TPSA) is 74.8 Å². The van der Waals surface area contributed by atoms with Crippen LogP contribution in [0.2, 0.25) is 10.0 Å². The Morgan fingerprint density at radius 1 is 1.21 bits per heavy atom. The first-order chi connectivity index (χ1) is 8.79. The molecule has 0 unspecified atom stereocenters. The molecule has 0 aliphatic rings. The highest BCUT2D eigenvalue weighted by Crippen LogP contribution is 2.35. The van der Waals surface area contributed by atoms with Gasteiger partial charge in [-0.25, -0.2) is 18.1 Å². The van der Waals surface area contributed by atoms with Crippen LogP contribution in [0.5, 0.6) is 0 Å². The highest BCUT2D eigenvalue weighted by molar-refractivity contribution is 7.89. The molecule has 0 spiro atoms. The van der Waals surface area contributed by atoms with Crippen molar-refractivity contribution in [3.63, 3.8) is 0 Å². The molecule has 0 saturated heterocycles. The predicted octanol–water partition coefficient (Wildman–Crippen LogP) is 2.78. The summed E-state index contributed by atoms with van der Waals surface area (Å²) in [4.78, 5) is 6.76. The first kappa shape index (κ1) is 14.6. The summed E-state index contributed by atoms with van der Waals surface area (Å²) in [7, 11) is -3.67. The maximum absolute atomic E-state index is 11.9. The van der Waals surface area contributed by atoms with Crippen molar-refractivity contribution in [2.24, 2.45) is 0 Å². The summed E-state index contributed by atoms with van der Waals surface area (Å²) < 4.78 is 26.2. The van der Waals surface area contributed by atoms with Crippen molar-refractivity contribution in [1.29, 1.82) is 0 Å². The van der Waals surface area contributed by atoms with Crippen LogP contribution in [0.1, 0.15) is 18.1 Å². The Labute approximate surface area is 121 Å². The first-order valence-electron chi connectivity index (χ1n) is 5.63. The zero-order chi connectivity index (χ0) is 14.4. The van der Waals surface area contributed by atoms with E-state index in [0.29, 0.717) is 21.1 Å². The number of imidazole rings is 1. The fourth-order valence-electron chi connectivity index (χ4n) is 1.75. The first-order valence-corrected chi connectivity index (χ1v) is 7.87. The van der Waals surface area contributed by atoms with Crippen molar-refractivity contribution in [3.05, 3.63) is 21.2 Å². The summed E-state index contributed by atoms with van der Waals surface area (Å²) in [5.74, 6) is 0. The largest absolute Gasteiger partial charge is 0.326 e. The molecule has 0 fully saturated rings. The third kappa shape index (κ3) is 2.33. The average Bonchev–Trinajstić information content (AvgIpc) is 2.79. The lowest BCUT2D eigenvalue weighted by Crippen LogP contribution is -2.24. The fraction of sp³-hybridized carbons (Fsp3) is 0.364. The van der Waals surface area contributed by atoms with Crippen LogP contribution >= 0.6 is 23.2 Å². The van der Waals surface area contributed by atoms with Crippen LogP contribution < -0.4 is 4.72 Å². The van der Waals surface area contributed by atoms with Gasteiger partial charge in [-0.2, -0.15) is 0 Å². The Morgan fingerprint density at radius 3 is 2.37 bits per heavy atom. The van der Waals surface area contributed by atoms with Crippen molar-refractivity contribution in [2.75, 3.05) is 6.54 Å². The number of aromatic nitrogens is 2. The van der Waals surface area contributed by atoms with Crippen LogP contribution in [0, 0.1) is 13.8 Å². The number of fused-ring (bicyclic) bond motifs is 1. The van der Waals surface area contributed by atoms with E-state index in [-0.39, 0.29) is 11.7 Å². The smallest absolute Gasteiger partial charge is 0.274 e. The van der Waals surface area contributed by atoms with Crippen molar-refractivity contribution in [2.45, 2.75) is 25.9 Å². The number of aromatic amines is 1. The molecular weight excluding hydrogens is 309 g/mol. The Morgan fingerprint density at radius 2 is 1.79 bits per heavy atom. The van der Waals surface area contributed by atoms with Gasteiger partial charge in [0.1, 0.15) is 5.52 Å². The van der Waals surface area contributed by atoms with E-state index in [0.717, 1.165) is 11.1 Å². The molecule has 8 heteroatoms. The second-order valence-corrected chi connectivity index (χ2v) is 6.58. The van der Waals surface area contributed by atoms with Gasteiger partial charge in [-0.3, -0.25) is 0 Å². The van der Waals surface area contributed by atoms with E-state index in [1.165, 1.54) is 0 Å². The van der Waals surface area contributed by atoms with Gasteiger partial charge in [0.2, 0.25) is 5.16 Å². The number of halogens is 2. The number of nitrogens with one attached hydrogen (secondary N) is 2.